The summed E-state index contributed by atoms with van der Waals surface area (Å²) in [7, 11) is 0. The van der Waals surface area contributed by atoms with Gasteiger partial charge in [0.05, 0.1) is 0 Å². The van der Waals surface area contributed by atoms with E-state index in [-0.39, 0.29) is 5.95 Å². The number of benzene rings is 1. The fraction of sp³-hybridized carbons (Fsp3) is 0.400. The van der Waals surface area contributed by atoms with Crippen LogP contribution in [0, 0.1) is 13.8 Å². The quantitative estimate of drug-likeness (QED) is 0.915. The highest BCUT2D eigenvalue weighted by atomic mass is 32.2. The number of aryl methyl sites for hydroxylation is 2. The summed E-state index contributed by atoms with van der Waals surface area (Å²) < 4.78 is 0. The molecule has 0 aliphatic carbocycles. The fourth-order valence-corrected chi connectivity index (χ4v) is 2.79. The minimum Gasteiger partial charge on any atom is -0.368 e. The van der Waals surface area contributed by atoms with Crippen molar-refractivity contribution in [2.45, 2.75) is 37.7 Å². The number of anilines is 2. The Bertz CT molecular complexity index is 625. The second kappa shape index (κ2) is 6.76. The van der Waals surface area contributed by atoms with Crippen LogP contribution in [0.15, 0.2) is 28.3 Å². The summed E-state index contributed by atoms with van der Waals surface area (Å²) in [5, 5.41) is 0.632. The van der Waals surface area contributed by atoms with Gasteiger partial charge in [0, 0.05) is 18.0 Å². The minimum absolute atomic E-state index is 0.262. The van der Waals surface area contributed by atoms with Crippen molar-refractivity contribution in [1.82, 2.24) is 15.0 Å². The first-order valence-corrected chi connectivity index (χ1v) is 7.86. The standard InChI is InChI=1S/C15H21N5S/c1-5-20(6-2)14-17-13(16)18-15(19-14)21-12-8-7-10(3)11(4)9-12/h7-9H,5-6H2,1-4H3,(H2,16,17,18,19). The lowest BCUT2D eigenvalue weighted by Crippen LogP contribution is -2.25. The minimum atomic E-state index is 0.262. The predicted octanol–water partition coefficient (Wildman–Crippen LogP) is 3.07. The molecule has 0 bridgehead atoms. The van der Waals surface area contributed by atoms with E-state index in [2.05, 4.69) is 65.7 Å². The van der Waals surface area contributed by atoms with Crippen LogP contribution in [0.2, 0.25) is 0 Å². The van der Waals surface area contributed by atoms with E-state index in [9.17, 15) is 0 Å². The Kier molecular flexibility index (Phi) is 5.01. The second-order valence-electron chi connectivity index (χ2n) is 4.80. The molecule has 112 valence electrons. The maximum Gasteiger partial charge on any atom is 0.231 e. The molecule has 0 amide bonds. The highest BCUT2D eigenvalue weighted by Gasteiger charge is 2.11. The number of aromatic nitrogens is 3. The highest BCUT2D eigenvalue weighted by Crippen LogP contribution is 2.27. The smallest absolute Gasteiger partial charge is 0.231 e. The molecule has 1 heterocycles. The normalized spacial score (nSPS) is 10.7. The van der Waals surface area contributed by atoms with Crippen LogP contribution in [0.25, 0.3) is 0 Å². The number of nitrogens with zero attached hydrogens (tertiary/aromatic N) is 4. The number of rotatable bonds is 5. The molecule has 0 spiro atoms. The van der Waals surface area contributed by atoms with Crippen LogP contribution < -0.4 is 10.6 Å². The van der Waals surface area contributed by atoms with E-state index in [0.29, 0.717) is 11.1 Å². The summed E-state index contributed by atoms with van der Waals surface area (Å²) in [6, 6.07) is 6.31. The molecule has 2 aromatic rings. The van der Waals surface area contributed by atoms with Crippen LogP contribution in [-0.4, -0.2) is 28.0 Å². The summed E-state index contributed by atoms with van der Waals surface area (Å²) in [5.41, 5.74) is 8.34. The third-order valence-corrected chi connectivity index (χ3v) is 4.21. The zero-order valence-corrected chi connectivity index (χ0v) is 13.7. The predicted molar refractivity (Wildman–Crippen MR) is 87.8 cm³/mol. The fourth-order valence-electron chi connectivity index (χ4n) is 1.94. The molecule has 2 N–H and O–H groups in total. The first-order chi connectivity index (χ1) is 10.0. The molecule has 2 rings (SSSR count). The molecule has 1 aromatic heterocycles. The van der Waals surface area contributed by atoms with Crippen molar-refractivity contribution in [3.05, 3.63) is 29.3 Å². The molecule has 6 heteroatoms. The van der Waals surface area contributed by atoms with E-state index in [1.54, 1.807) is 0 Å². The van der Waals surface area contributed by atoms with E-state index in [1.165, 1.54) is 22.9 Å². The lowest BCUT2D eigenvalue weighted by molar-refractivity contribution is 0.787. The third-order valence-electron chi connectivity index (χ3n) is 3.35. The average molecular weight is 303 g/mol. The maximum absolute atomic E-state index is 5.81. The van der Waals surface area contributed by atoms with Crippen molar-refractivity contribution in [2.24, 2.45) is 0 Å². The molecule has 0 fully saturated rings. The first kappa shape index (κ1) is 15.6. The van der Waals surface area contributed by atoms with Crippen LogP contribution in [0.4, 0.5) is 11.9 Å². The van der Waals surface area contributed by atoms with E-state index in [4.69, 9.17) is 5.73 Å². The molecule has 0 unspecified atom stereocenters. The Labute approximate surface area is 130 Å². The Morgan fingerprint density at radius 2 is 1.76 bits per heavy atom. The summed E-state index contributed by atoms with van der Waals surface area (Å²) in [5.74, 6) is 0.900. The van der Waals surface area contributed by atoms with Gasteiger partial charge >= 0.3 is 0 Å². The van der Waals surface area contributed by atoms with Gasteiger partial charge in [-0.05, 0) is 62.7 Å². The van der Waals surface area contributed by atoms with Gasteiger partial charge in [-0.25, -0.2) is 0 Å². The van der Waals surface area contributed by atoms with Crippen molar-refractivity contribution >= 4 is 23.7 Å². The van der Waals surface area contributed by atoms with Crippen molar-refractivity contribution in [2.75, 3.05) is 23.7 Å². The molecular formula is C15H21N5S. The van der Waals surface area contributed by atoms with E-state index >= 15 is 0 Å². The molecule has 0 aliphatic heterocycles. The van der Waals surface area contributed by atoms with Crippen LogP contribution >= 0.6 is 11.8 Å². The summed E-state index contributed by atoms with van der Waals surface area (Å²) >= 11 is 1.51. The van der Waals surface area contributed by atoms with Crippen molar-refractivity contribution in [1.29, 1.82) is 0 Å². The van der Waals surface area contributed by atoms with Gasteiger partial charge < -0.3 is 10.6 Å². The molecule has 0 saturated heterocycles. The first-order valence-electron chi connectivity index (χ1n) is 7.05. The molecule has 0 radical (unpaired) electrons. The number of hydrogen-bond donors (Lipinski definition) is 1. The highest BCUT2D eigenvalue weighted by molar-refractivity contribution is 7.99. The van der Waals surface area contributed by atoms with Gasteiger partial charge in [-0.2, -0.15) is 15.0 Å². The van der Waals surface area contributed by atoms with Crippen molar-refractivity contribution in [3.63, 3.8) is 0 Å². The largest absolute Gasteiger partial charge is 0.368 e. The second-order valence-corrected chi connectivity index (χ2v) is 5.84. The third kappa shape index (κ3) is 3.85. The Hall–Kier alpha value is -1.82. The molecule has 5 nitrogen and oxygen atoms in total. The van der Waals surface area contributed by atoms with Crippen LogP contribution in [-0.2, 0) is 0 Å². The maximum atomic E-state index is 5.81. The Balaban J connectivity index is 2.29. The number of nitrogens with two attached hydrogens (primary N) is 1. The van der Waals surface area contributed by atoms with Gasteiger partial charge in [0.2, 0.25) is 11.9 Å². The van der Waals surface area contributed by atoms with Crippen molar-refractivity contribution in [3.8, 4) is 0 Å². The monoisotopic (exact) mass is 303 g/mol. The van der Waals surface area contributed by atoms with Gasteiger partial charge in [0.25, 0.3) is 0 Å². The lowest BCUT2D eigenvalue weighted by atomic mass is 10.1. The molecule has 21 heavy (non-hydrogen) atoms. The van der Waals surface area contributed by atoms with Gasteiger partial charge in [-0.3, -0.25) is 0 Å². The van der Waals surface area contributed by atoms with E-state index in [1.807, 2.05) is 0 Å². The van der Waals surface area contributed by atoms with Crippen LogP contribution in [0.3, 0.4) is 0 Å². The number of nitrogen functional groups attached to an aromatic ring is 1. The van der Waals surface area contributed by atoms with Crippen LogP contribution in [0.5, 0.6) is 0 Å². The average Bonchev–Trinajstić information content (AvgIpc) is 2.44. The molecule has 0 atom stereocenters. The molecule has 0 aliphatic rings. The Morgan fingerprint density at radius 1 is 1.05 bits per heavy atom. The molecule has 0 saturated carbocycles. The van der Waals surface area contributed by atoms with Gasteiger partial charge in [0.15, 0.2) is 5.16 Å². The molecular weight excluding hydrogens is 282 g/mol. The van der Waals surface area contributed by atoms with Gasteiger partial charge in [-0.15, -0.1) is 0 Å². The van der Waals surface area contributed by atoms with Crippen molar-refractivity contribution < 1.29 is 0 Å². The SMILES string of the molecule is CCN(CC)c1nc(N)nc(Sc2ccc(C)c(C)c2)n1. The lowest BCUT2D eigenvalue weighted by Gasteiger charge is -2.18. The van der Waals surface area contributed by atoms with Gasteiger partial charge in [-0.1, -0.05) is 6.07 Å². The summed E-state index contributed by atoms with van der Waals surface area (Å²) in [4.78, 5) is 16.1. The van der Waals surface area contributed by atoms with E-state index in [0.717, 1.165) is 18.0 Å². The zero-order valence-electron chi connectivity index (χ0n) is 12.9. The summed E-state index contributed by atoms with van der Waals surface area (Å²) in [6.07, 6.45) is 0. The molecule has 1 aromatic carbocycles. The van der Waals surface area contributed by atoms with Crippen LogP contribution in [0.1, 0.15) is 25.0 Å². The summed E-state index contributed by atoms with van der Waals surface area (Å²) in [6.45, 7) is 10.0. The topological polar surface area (TPSA) is 67.9 Å². The number of hydrogen-bond acceptors (Lipinski definition) is 6. The van der Waals surface area contributed by atoms with Gasteiger partial charge in [0.1, 0.15) is 0 Å². The van der Waals surface area contributed by atoms with E-state index < -0.39 is 0 Å². The zero-order chi connectivity index (χ0) is 15.4. The Morgan fingerprint density at radius 3 is 2.38 bits per heavy atom.